The van der Waals surface area contributed by atoms with Crippen LogP contribution in [0.4, 0.5) is 10.1 Å². The van der Waals surface area contributed by atoms with Crippen molar-refractivity contribution in [3.8, 4) is 5.75 Å². The van der Waals surface area contributed by atoms with Crippen molar-refractivity contribution in [1.29, 1.82) is 0 Å². The molecule has 0 radical (unpaired) electrons. The van der Waals surface area contributed by atoms with E-state index in [1.54, 1.807) is 29.0 Å². The van der Waals surface area contributed by atoms with Crippen LogP contribution in [0.15, 0.2) is 42.5 Å². The molecule has 140 valence electrons. The summed E-state index contributed by atoms with van der Waals surface area (Å²) >= 11 is 0. The van der Waals surface area contributed by atoms with Crippen LogP contribution in [0.25, 0.3) is 0 Å². The molecule has 2 bridgehead atoms. The number of anilines is 1. The lowest BCUT2D eigenvalue weighted by atomic mass is 10.1. The highest BCUT2D eigenvalue weighted by molar-refractivity contribution is 6.04. The number of likely N-dealkylation sites (tertiary alicyclic amines) is 1. The Balaban J connectivity index is 1.52. The van der Waals surface area contributed by atoms with Gasteiger partial charge in [0.25, 0.3) is 0 Å². The van der Waals surface area contributed by atoms with Crippen molar-refractivity contribution in [2.24, 2.45) is 0 Å². The first kappa shape index (κ1) is 17.5. The van der Waals surface area contributed by atoms with Crippen molar-refractivity contribution < 1.29 is 18.7 Å². The van der Waals surface area contributed by atoms with E-state index >= 15 is 0 Å². The molecule has 2 aromatic rings. The van der Waals surface area contributed by atoms with Crippen LogP contribution in [0.2, 0.25) is 0 Å². The van der Waals surface area contributed by atoms with Crippen molar-refractivity contribution in [1.82, 2.24) is 4.90 Å². The fraction of sp³-hybridized carbons (Fsp3) is 0.333. The Morgan fingerprint density at radius 2 is 1.96 bits per heavy atom. The number of hydrogen-bond acceptors (Lipinski definition) is 3. The smallest absolute Gasteiger partial charge is 0.250 e. The molecule has 2 aliphatic rings. The van der Waals surface area contributed by atoms with Crippen molar-refractivity contribution in [3.05, 3.63) is 59.4 Å². The van der Waals surface area contributed by atoms with Gasteiger partial charge < -0.3 is 14.5 Å². The number of hydrogen-bond donors (Lipinski definition) is 0. The van der Waals surface area contributed by atoms with Gasteiger partial charge >= 0.3 is 0 Å². The van der Waals surface area contributed by atoms with Crippen LogP contribution < -0.4 is 9.64 Å². The van der Waals surface area contributed by atoms with E-state index in [-0.39, 0.29) is 30.1 Å². The summed E-state index contributed by atoms with van der Waals surface area (Å²) in [5.41, 5.74) is 2.56. The van der Waals surface area contributed by atoms with Crippen LogP contribution in [0.1, 0.15) is 17.5 Å². The van der Waals surface area contributed by atoms with Gasteiger partial charge in [-0.25, -0.2) is 4.39 Å². The van der Waals surface area contributed by atoms with Crippen molar-refractivity contribution in [2.75, 3.05) is 18.6 Å². The molecule has 4 rings (SSSR count). The zero-order valence-corrected chi connectivity index (χ0v) is 15.3. The second-order valence-corrected chi connectivity index (χ2v) is 7.14. The Labute approximate surface area is 157 Å². The van der Waals surface area contributed by atoms with Crippen LogP contribution in [0, 0.1) is 12.7 Å². The molecule has 0 unspecified atom stereocenters. The largest absolute Gasteiger partial charge is 0.495 e. The topological polar surface area (TPSA) is 49.9 Å². The molecule has 2 heterocycles. The van der Waals surface area contributed by atoms with Gasteiger partial charge in [-0.05, 0) is 48.7 Å². The molecular weight excluding hydrogens is 347 g/mol. The van der Waals surface area contributed by atoms with Crippen LogP contribution >= 0.6 is 0 Å². The number of carbonyl (C=O) groups is 2. The minimum Gasteiger partial charge on any atom is -0.495 e. The van der Waals surface area contributed by atoms with Gasteiger partial charge in [-0.2, -0.15) is 0 Å². The third-order valence-corrected chi connectivity index (χ3v) is 5.35. The fourth-order valence-electron chi connectivity index (χ4n) is 4.03. The Morgan fingerprint density at radius 3 is 2.63 bits per heavy atom. The van der Waals surface area contributed by atoms with E-state index in [4.69, 9.17) is 4.74 Å². The van der Waals surface area contributed by atoms with Crippen LogP contribution in [0.5, 0.6) is 5.75 Å². The summed E-state index contributed by atoms with van der Waals surface area (Å²) in [4.78, 5) is 29.1. The zero-order chi connectivity index (χ0) is 19.1. The Kier molecular flexibility index (Phi) is 4.34. The minimum atomic E-state index is -0.437. The standard InChI is InChI=1S/C21H21FN2O3/c1-13-3-8-19(27-2)17(9-13)24-16-11-18(21(24)26)23(12-16)20(25)10-14-4-6-15(22)7-5-14/h3-9,16,18H,10-12H2,1-2H3/t16-,18-/m0/s1. The minimum absolute atomic E-state index is 0.0460. The van der Waals surface area contributed by atoms with E-state index in [0.29, 0.717) is 18.7 Å². The first-order chi connectivity index (χ1) is 13.0. The first-order valence-corrected chi connectivity index (χ1v) is 8.99. The van der Waals surface area contributed by atoms with Crippen molar-refractivity contribution >= 4 is 17.5 Å². The molecule has 0 aromatic heterocycles. The molecule has 27 heavy (non-hydrogen) atoms. The molecule has 6 heteroatoms. The number of amides is 2. The molecule has 0 spiro atoms. The zero-order valence-electron chi connectivity index (χ0n) is 15.3. The second-order valence-electron chi connectivity index (χ2n) is 7.14. The third-order valence-electron chi connectivity index (χ3n) is 5.35. The quantitative estimate of drug-likeness (QED) is 0.834. The highest BCUT2D eigenvalue weighted by Crippen LogP contribution is 2.40. The van der Waals surface area contributed by atoms with E-state index in [9.17, 15) is 14.0 Å². The number of piperazine rings is 1. The third kappa shape index (κ3) is 3.05. The number of aryl methyl sites for hydroxylation is 1. The van der Waals surface area contributed by atoms with Gasteiger partial charge in [0.15, 0.2) is 0 Å². The number of ether oxygens (including phenoxy) is 1. The van der Waals surface area contributed by atoms with Crippen LogP contribution in [-0.4, -0.2) is 42.5 Å². The lowest BCUT2D eigenvalue weighted by Crippen LogP contribution is -2.53. The highest BCUT2D eigenvalue weighted by atomic mass is 19.1. The molecule has 5 nitrogen and oxygen atoms in total. The Morgan fingerprint density at radius 1 is 1.22 bits per heavy atom. The second kappa shape index (κ2) is 6.68. The summed E-state index contributed by atoms with van der Waals surface area (Å²) < 4.78 is 18.5. The molecule has 0 aliphatic carbocycles. The summed E-state index contributed by atoms with van der Waals surface area (Å²) in [5.74, 6) is 0.163. The number of fused-ring (bicyclic) bond motifs is 2. The van der Waals surface area contributed by atoms with Crippen LogP contribution in [-0.2, 0) is 16.0 Å². The lowest BCUT2D eigenvalue weighted by Gasteiger charge is -2.34. The number of benzene rings is 2. The summed E-state index contributed by atoms with van der Waals surface area (Å²) in [6.07, 6.45) is 0.801. The summed E-state index contributed by atoms with van der Waals surface area (Å²) in [6, 6.07) is 11.2. The first-order valence-electron chi connectivity index (χ1n) is 8.99. The Hall–Kier alpha value is -2.89. The maximum atomic E-state index is 13.0. The number of nitrogens with zero attached hydrogens (tertiary/aromatic N) is 2. The van der Waals surface area contributed by atoms with E-state index in [1.165, 1.54) is 12.1 Å². The predicted octanol–water partition coefficient (Wildman–Crippen LogP) is 2.70. The number of carbonyl (C=O) groups excluding carboxylic acids is 2. The molecule has 2 atom stereocenters. The average Bonchev–Trinajstić information content (AvgIpc) is 3.22. The van der Waals surface area contributed by atoms with Crippen molar-refractivity contribution in [2.45, 2.75) is 31.8 Å². The molecule has 2 aromatic carbocycles. The highest BCUT2D eigenvalue weighted by Gasteiger charge is 2.52. The van der Waals surface area contributed by atoms with E-state index in [0.717, 1.165) is 16.8 Å². The summed E-state index contributed by atoms with van der Waals surface area (Å²) in [6.45, 7) is 2.48. The Bertz CT molecular complexity index is 897. The van der Waals surface area contributed by atoms with Crippen LogP contribution in [0.3, 0.4) is 0 Å². The average molecular weight is 368 g/mol. The van der Waals surface area contributed by atoms with E-state index < -0.39 is 6.04 Å². The van der Waals surface area contributed by atoms with Gasteiger partial charge in [0, 0.05) is 6.54 Å². The van der Waals surface area contributed by atoms with Gasteiger partial charge in [-0.15, -0.1) is 0 Å². The fourth-order valence-corrected chi connectivity index (χ4v) is 4.03. The monoisotopic (exact) mass is 368 g/mol. The number of halogens is 1. The number of rotatable bonds is 4. The normalized spacial score (nSPS) is 21.1. The summed E-state index contributed by atoms with van der Waals surface area (Å²) in [5, 5.41) is 0. The van der Waals surface area contributed by atoms with Gasteiger partial charge in [-0.3, -0.25) is 9.59 Å². The summed E-state index contributed by atoms with van der Waals surface area (Å²) in [7, 11) is 1.59. The van der Waals surface area contributed by atoms with E-state index in [2.05, 4.69) is 0 Å². The molecule has 2 saturated heterocycles. The van der Waals surface area contributed by atoms with Crippen molar-refractivity contribution in [3.63, 3.8) is 0 Å². The molecule has 2 fully saturated rings. The number of methoxy groups -OCH3 is 1. The van der Waals surface area contributed by atoms with Gasteiger partial charge in [0.2, 0.25) is 11.8 Å². The lowest BCUT2D eigenvalue weighted by molar-refractivity contribution is -0.137. The predicted molar refractivity (Wildman–Crippen MR) is 99.2 cm³/mol. The molecular formula is C21H21FN2O3. The molecule has 0 saturated carbocycles. The van der Waals surface area contributed by atoms with E-state index in [1.807, 2.05) is 25.1 Å². The maximum Gasteiger partial charge on any atom is 0.250 e. The molecule has 0 N–H and O–H groups in total. The van der Waals surface area contributed by atoms with Gasteiger partial charge in [-0.1, -0.05) is 18.2 Å². The van der Waals surface area contributed by atoms with Gasteiger partial charge in [0.05, 0.1) is 25.3 Å². The van der Waals surface area contributed by atoms with Gasteiger partial charge in [0.1, 0.15) is 17.6 Å². The maximum absolute atomic E-state index is 13.0. The molecule has 2 aliphatic heterocycles. The molecule has 2 amide bonds. The SMILES string of the molecule is COc1ccc(C)cc1N1C(=O)[C@@H]2C[C@H]1CN2C(=O)Cc1ccc(F)cc1.